The normalized spacial score (nSPS) is 15.6. The summed E-state index contributed by atoms with van der Waals surface area (Å²) in [6, 6.07) is 10.5. The Morgan fingerprint density at radius 3 is 2.42 bits per heavy atom. The van der Waals surface area contributed by atoms with Crippen LogP contribution >= 0.6 is 0 Å². The minimum atomic E-state index is 0.354. The van der Waals surface area contributed by atoms with Gasteiger partial charge in [0.1, 0.15) is 0 Å². The molecule has 0 N–H and O–H groups in total. The van der Waals surface area contributed by atoms with Gasteiger partial charge in [-0.3, -0.25) is 0 Å². The molecule has 0 saturated heterocycles. The number of benzene rings is 1. The van der Waals surface area contributed by atoms with E-state index in [1.165, 1.54) is 27.9 Å². The van der Waals surface area contributed by atoms with Crippen molar-refractivity contribution in [1.29, 1.82) is 0 Å². The molecule has 0 fully saturated rings. The molecule has 0 heteroatoms. The van der Waals surface area contributed by atoms with Crippen LogP contribution in [-0.4, -0.2) is 0 Å². The number of hydrogen-bond acceptors (Lipinski definition) is 0. The SMILES string of the molecule is C=C/C=C\C(=C/C)C(CC(=C)C1=CCCC=C1)CC(=C)c1ccccc1. The van der Waals surface area contributed by atoms with Gasteiger partial charge in [-0.2, -0.15) is 0 Å². The van der Waals surface area contributed by atoms with Crippen molar-refractivity contribution in [3.63, 3.8) is 0 Å². The summed E-state index contributed by atoms with van der Waals surface area (Å²) < 4.78 is 0. The van der Waals surface area contributed by atoms with Crippen molar-refractivity contribution in [1.82, 2.24) is 0 Å². The predicted octanol–water partition coefficient (Wildman–Crippen LogP) is 7.62. The smallest absolute Gasteiger partial charge is 0.00843 e. The second-order valence-corrected chi connectivity index (χ2v) is 6.70. The molecule has 1 atom stereocenters. The maximum Gasteiger partial charge on any atom is -0.00843 e. The van der Waals surface area contributed by atoms with Crippen LogP contribution in [-0.2, 0) is 0 Å². The first-order chi connectivity index (χ1) is 12.7. The summed E-state index contributed by atoms with van der Waals surface area (Å²) in [6.45, 7) is 14.6. The molecular formula is C26H30. The fourth-order valence-electron chi connectivity index (χ4n) is 3.34. The van der Waals surface area contributed by atoms with E-state index in [9.17, 15) is 0 Å². The molecule has 26 heavy (non-hydrogen) atoms. The molecule has 0 nitrogen and oxygen atoms in total. The molecule has 0 radical (unpaired) electrons. The topological polar surface area (TPSA) is 0 Å². The molecule has 1 aromatic rings. The van der Waals surface area contributed by atoms with Gasteiger partial charge in [0.2, 0.25) is 0 Å². The summed E-state index contributed by atoms with van der Waals surface area (Å²) in [5.41, 5.74) is 6.18. The van der Waals surface area contributed by atoms with Gasteiger partial charge in [-0.05, 0) is 66.4 Å². The van der Waals surface area contributed by atoms with E-state index in [0.717, 1.165) is 25.7 Å². The molecule has 0 aromatic heterocycles. The van der Waals surface area contributed by atoms with Gasteiger partial charge in [0.15, 0.2) is 0 Å². The lowest BCUT2D eigenvalue weighted by atomic mass is 9.82. The molecule has 2 rings (SSSR count). The summed E-state index contributed by atoms with van der Waals surface area (Å²) in [4.78, 5) is 0. The quantitative estimate of drug-likeness (QED) is 0.405. The third-order valence-electron chi connectivity index (χ3n) is 4.80. The minimum Gasteiger partial charge on any atom is -0.0991 e. The van der Waals surface area contributed by atoms with Crippen LogP contribution < -0.4 is 0 Å². The van der Waals surface area contributed by atoms with E-state index in [0.29, 0.717) is 5.92 Å². The molecule has 1 aliphatic rings. The van der Waals surface area contributed by atoms with Crippen molar-refractivity contribution in [2.24, 2.45) is 5.92 Å². The molecule has 0 amide bonds. The van der Waals surface area contributed by atoms with Crippen LogP contribution in [0.25, 0.3) is 5.57 Å². The highest BCUT2D eigenvalue weighted by atomic mass is 14.2. The highest BCUT2D eigenvalue weighted by Gasteiger charge is 2.17. The zero-order chi connectivity index (χ0) is 18.8. The van der Waals surface area contributed by atoms with Gasteiger partial charge >= 0.3 is 0 Å². The fraction of sp³-hybridized carbons (Fsp3) is 0.231. The van der Waals surface area contributed by atoms with Gasteiger partial charge in [0.05, 0.1) is 0 Å². The van der Waals surface area contributed by atoms with Gasteiger partial charge in [0, 0.05) is 0 Å². The van der Waals surface area contributed by atoms with Crippen molar-refractivity contribution in [2.75, 3.05) is 0 Å². The van der Waals surface area contributed by atoms with Gasteiger partial charge < -0.3 is 0 Å². The van der Waals surface area contributed by atoms with Crippen molar-refractivity contribution in [3.05, 3.63) is 115 Å². The number of hydrogen-bond donors (Lipinski definition) is 0. The lowest BCUT2D eigenvalue weighted by Gasteiger charge is -2.22. The zero-order valence-corrected chi connectivity index (χ0v) is 16.0. The number of rotatable bonds is 9. The van der Waals surface area contributed by atoms with Gasteiger partial charge in [0.25, 0.3) is 0 Å². The zero-order valence-electron chi connectivity index (χ0n) is 16.0. The maximum atomic E-state index is 4.37. The highest BCUT2D eigenvalue weighted by Crippen LogP contribution is 2.33. The third kappa shape index (κ3) is 5.74. The first kappa shape index (κ1) is 19.7. The van der Waals surface area contributed by atoms with Crippen LogP contribution in [0.15, 0.2) is 109 Å². The average molecular weight is 343 g/mol. The molecule has 134 valence electrons. The fourth-order valence-corrected chi connectivity index (χ4v) is 3.34. The highest BCUT2D eigenvalue weighted by molar-refractivity contribution is 5.64. The van der Waals surface area contributed by atoms with Crippen LogP contribution in [0.4, 0.5) is 0 Å². The Hall–Kier alpha value is -2.60. The summed E-state index contributed by atoms with van der Waals surface area (Å²) in [5.74, 6) is 0.354. The average Bonchev–Trinajstić information content (AvgIpc) is 2.69. The largest absolute Gasteiger partial charge is 0.0991 e. The molecule has 1 aliphatic carbocycles. The lowest BCUT2D eigenvalue weighted by molar-refractivity contribution is 0.641. The van der Waals surface area contributed by atoms with Crippen molar-refractivity contribution < 1.29 is 0 Å². The second kappa shape index (κ2) is 10.4. The van der Waals surface area contributed by atoms with Gasteiger partial charge in [-0.15, -0.1) is 0 Å². The molecule has 1 aromatic carbocycles. The Bertz CT molecular complexity index is 750. The Labute approximate surface area is 159 Å². The first-order valence-electron chi connectivity index (χ1n) is 9.39. The summed E-state index contributed by atoms with van der Waals surface area (Å²) in [5, 5.41) is 0. The van der Waals surface area contributed by atoms with E-state index < -0.39 is 0 Å². The number of allylic oxidation sites excluding steroid dienone is 11. The van der Waals surface area contributed by atoms with Crippen LogP contribution in [0.2, 0.25) is 0 Å². The first-order valence-corrected chi connectivity index (χ1v) is 9.39. The second-order valence-electron chi connectivity index (χ2n) is 6.70. The van der Waals surface area contributed by atoms with Crippen LogP contribution in [0.1, 0.15) is 38.2 Å². The Kier molecular flexibility index (Phi) is 7.89. The van der Waals surface area contributed by atoms with Crippen LogP contribution in [0.5, 0.6) is 0 Å². The lowest BCUT2D eigenvalue weighted by Crippen LogP contribution is -2.07. The van der Waals surface area contributed by atoms with Crippen molar-refractivity contribution in [3.8, 4) is 0 Å². The monoisotopic (exact) mass is 342 g/mol. The molecule has 0 saturated carbocycles. The summed E-state index contributed by atoms with van der Waals surface area (Å²) in [6.07, 6.45) is 19.0. The van der Waals surface area contributed by atoms with Crippen molar-refractivity contribution in [2.45, 2.75) is 32.6 Å². The van der Waals surface area contributed by atoms with E-state index in [-0.39, 0.29) is 0 Å². The molecule has 0 bridgehead atoms. The molecule has 0 spiro atoms. The molecule has 0 heterocycles. The molecular weight excluding hydrogens is 312 g/mol. The maximum absolute atomic E-state index is 4.37. The Morgan fingerprint density at radius 2 is 1.81 bits per heavy atom. The minimum absolute atomic E-state index is 0.354. The van der Waals surface area contributed by atoms with Crippen molar-refractivity contribution >= 4 is 5.57 Å². The van der Waals surface area contributed by atoms with E-state index in [1.807, 2.05) is 18.2 Å². The Morgan fingerprint density at radius 1 is 1.08 bits per heavy atom. The van der Waals surface area contributed by atoms with Gasteiger partial charge in [-0.1, -0.05) is 92.6 Å². The van der Waals surface area contributed by atoms with Crippen LogP contribution in [0.3, 0.4) is 0 Å². The van der Waals surface area contributed by atoms with E-state index in [2.05, 4.69) is 81.3 Å². The molecule has 0 aliphatic heterocycles. The summed E-state index contributed by atoms with van der Waals surface area (Å²) >= 11 is 0. The standard InChI is InChI=1S/C26H30/c1-5-7-14-23(6-2)26(19-21(3)24-15-10-8-11-16-24)20-22(4)25-17-12-9-13-18-25/h5-8,10-12,14-18,26H,1,3-4,9,13,19-20H2,2H3/b14-7-,23-6+. The van der Waals surface area contributed by atoms with E-state index in [4.69, 9.17) is 0 Å². The summed E-state index contributed by atoms with van der Waals surface area (Å²) in [7, 11) is 0. The predicted molar refractivity (Wildman–Crippen MR) is 117 cm³/mol. The Balaban J connectivity index is 2.20. The van der Waals surface area contributed by atoms with Gasteiger partial charge in [-0.25, -0.2) is 0 Å². The van der Waals surface area contributed by atoms with E-state index in [1.54, 1.807) is 0 Å². The van der Waals surface area contributed by atoms with Crippen LogP contribution in [0, 0.1) is 5.92 Å². The molecule has 1 unspecified atom stereocenters. The van der Waals surface area contributed by atoms with E-state index >= 15 is 0 Å². The third-order valence-corrected chi connectivity index (χ3v) is 4.80.